The molecule has 1 aromatic rings. The quantitative estimate of drug-likeness (QED) is 0.600. The van der Waals surface area contributed by atoms with Crippen molar-refractivity contribution in [2.24, 2.45) is 11.8 Å². The van der Waals surface area contributed by atoms with Crippen molar-refractivity contribution in [1.29, 1.82) is 0 Å². The van der Waals surface area contributed by atoms with Crippen molar-refractivity contribution in [1.82, 2.24) is 0 Å². The summed E-state index contributed by atoms with van der Waals surface area (Å²) in [7, 11) is 0. The molecule has 0 amide bonds. The molecule has 0 saturated heterocycles. The third-order valence-corrected chi connectivity index (χ3v) is 5.31. The first-order valence-electron chi connectivity index (χ1n) is 7.25. The van der Waals surface area contributed by atoms with Gasteiger partial charge in [-0.25, -0.2) is 0 Å². The van der Waals surface area contributed by atoms with Crippen LogP contribution in [0.3, 0.4) is 0 Å². The number of rotatable bonds is 0. The molecule has 0 radical (unpaired) electrons. The number of benzene rings is 1. The largest absolute Gasteiger partial charge is 0.0625 e. The highest BCUT2D eigenvalue weighted by Gasteiger charge is 2.34. The molecule has 17 heavy (non-hydrogen) atoms. The van der Waals surface area contributed by atoms with Crippen LogP contribution >= 0.6 is 0 Å². The predicted octanol–water partition coefficient (Wildman–Crippen LogP) is 4.77. The third-order valence-electron chi connectivity index (χ3n) is 5.31. The van der Waals surface area contributed by atoms with Crippen LogP contribution in [0.5, 0.6) is 0 Å². The number of fused-ring (bicyclic) bond motifs is 3. The first-order chi connectivity index (χ1) is 8.16. The summed E-state index contributed by atoms with van der Waals surface area (Å²) in [4.78, 5) is 0. The van der Waals surface area contributed by atoms with Gasteiger partial charge in [-0.2, -0.15) is 0 Å². The fourth-order valence-corrected chi connectivity index (χ4v) is 4.13. The average Bonchev–Trinajstić information content (AvgIpc) is 2.33. The van der Waals surface area contributed by atoms with Crippen LogP contribution in [0.25, 0.3) is 0 Å². The molecule has 2 aliphatic rings. The monoisotopic (exact) mass is 228 g/mol. The van der Waals surface area contributed by atoms with Crippen molar-refractivity contribution < 1.29 is 0 Å². The zero-order valence-corrected chi connectivity index (χ0v) is 11.4. The van der Waals surface area contributed by atoms with Crippen LogP contribution in [-0.2, 0) is 6.42 Å². The van der Waals surface area contributed by atoms with Gasteiger partial charge >= 0.3 is 0 Å². The molecule has 1 fully saturated rings. The molecule has 0 aliphatic heterocycles. The van der Waals surface area contributed by atoms with E-state index in [9.17, 15) is 0 Å². The van der Waals surface area contributed by atoms with E-state index in [0.29, 0.717) is 0 Å². The Morgan fingerprint density at radius 1 is 1.06 bits per heavy atom. The third kappa shape index (κ3) is 1.82. The standard InChI is InChI=1S/C17H24/c1-11-4-7-16-14(10-11)6-9-15-13(3)12(2)5-8-17(15)16/h5,8,11,14,16H,4,6-7,9-10H2,1-3H3. The lowest BCUT2D eigenvalue weighted by Crippen LogP contribution is -2.27. The normalized spacial score (nSPS) is 31.8. The van der Waals surface area contributed by atoms with Gasteiger partial charge in [-0.1, -0.05) is 25.5 Å². The summed E-state index contributed by atoms with van der Waals surface area (Å²) in [5.41, 5.74) is 6.45. The highest BCUT2D eigenvalue weighted by Crippen LogP contribution is 2.47. The van der Waals surface area contributed by atoms with Crippen molar-refractivity contribution in [3.63, 3.8) is 0 Å². The van der Waals surface area contributed by atoms with E-state index in [2.05, 4.69) is 32.9 Å². The van der Waals surface area contributed by atoms with E-state index in [0.717, 1.165) is 17.8 Å². The summed E-state index contributed by atoms with van der Waals surface area (Å²) in [6.07, 6.45) is 7.11. The van der Waals surface area contributed by atoms with Crippen LogP contribution in [0.2, 0.25) is 0 Å². The lowest BCUT2D eigenvalue weighted by atomic mass is 9.65. The molecule has 1 saturated carbocycles. The van der Waals surface area contributed by atoms with Crippen LogP contribution in [0.15, 0.2) is 12.1 Å². The maximum absolute atomic E-state index is 2.44. The smallest absolute Gasteiger partial charge is 0.0130 e. The number of aryl methyl sites for hydroxylation is 1. The molecule has 0 spiro atoms. The first kappa shape index (κ1) is 11.3. The van der Waals surface area contributed by atoms with Crippen LogP contribution in [0.4, 0.5) is 0 Å². The zero-order chi connectivity index (χ0) is 12.0. The van der Waals surface area contributed by atoms with Crippen LogP contribution in [0, 0.1) is 25.7 Å². The van der Waals surface area contributed by atoms with Crippen molar-refractivity contribution in [3.05, 3.63) is 34.4 Å². The Labute approximate surface area is 105 Å². The van der Waals surface area contributed by atoms with Gasteiger partial charge in [0.2, 0.25) is 0 Å². The van der Waals surface area contributed by atoms with Crippen molar-refractivity contribution in [2.45, 2.75) is 58.8 Å². The molecule has 1 aromatic carbocycles. The van der Waals surface area contributed by atoms with Crippen LogP contribution < -0.4 is 0 Å². The second-order valence-electron chi connectivity index (χ2n) is 6.40. The highest BCUT2D eigenvalue weighted by atomic mass is 14.4. The van der Waals surface area contributed by atoms with Crippen LogP contribution in [0.1, 0.15) is 60.8 Å². The van der Waals surface area contributed by atoms with Gasteiger partial charge in [0.25, 0.3) is 0 Å². The molecule has 3 rings (SSSR count). The van der Waals surface area contributed by atoms with Crippen molar-refractivity contribution in [2.75, 3.05) is 0 Å². The Hall–Kier alpha value is -0.780. The minimum absolute atomic E-state index is 0.884. The average molecular weight is 228 g/mol. The van der Waals surface area contributed by atoms with Gasteiger partial charge in [-0.3, -0.25) is 0 Å². The molecule has 0 nitrogen and oxygen atoms in total. The van der Waals surface area contributed by atoms with E-state index in [1.807, 2.05) is 0 Å². The SMILES string of the molecule is Cc1ccc2c(c1C)CCC1CC(C)CCC21. The zero-order valence-electron chi connectivity index (χ0n) is 11.4. The Morgan fingerprint density at radius 2 is 1.88 bits per heavy atom. The van der Waals surface area contributed by atoms with Crippen molar-refractivity contribution >= 4 is 0 Å². The Bertz CT molecular complexity index is 430. The van der Waals surface area contributed by atoms with Gasteiger partial charge in [-0.05, 0) is 79.5 Å². The fraction of sp³-hybridized carbons (Fsp3) is 0.647. The summed E-state index contributed by atoms with van der Waals surface area (Å²) >= 11 is 0. The lowest BCUT2D eigenvalue weighted by Gasteiger charge is -2.40. The van der Waals surface area contributed by atoms with Gasteiger partial charge in [0.1, 0.15) is 0 Å². The van der Waals surface area contributed by atoms with Gasteiger partial charge < -0.3 is 0 Å². The molecule has 0 N–H and O–H groups in total. The number of hydrogen-bond donors (Lipinski definition) is 0. The minimum Gasteiger partial charge on any atom is -0.0625 e. The minimum atomic E-state index is 0.884. The summed E-state index contributed by atoms with van der Waals surface area (Å²) < 4.78 is 0. The molecule has 0 aromatic heterocycles. The van der Waals surface area contributed by atoms with E-state index in [-0.39, 0.29) is 0 Å². The van der Waals surface area contributed by atoms with Gasteiger partial charge in [0.15, 0.2) is 0 Å². The summed E-state index contributed by atoms with van der Waals surface area (Å²) in [5, 5.41) is 0. The molecular formula is C17H24. The van der Waals surface area contributed by atoms with E-state index < -0.39 is 0 Å². The van der Waals surface area contributed by atoms with E-state index in [1.165, 1.54) is 37.7 Å². The maximum atomic E-state index is 2.44. The van der Waals surface area contributed by atoms with Gasteiger partial charge in [0, 0.05) is 0 Å². The summed E-state index contributed by atoms with van der Waals surface area (Å²) in [6, 6.07) is 4.78. The highest BCUT2D eigenvalue weighted by molar-refractivity contribution is 5.43. The molecule has 3 unspecified atom stereocenters. The van der Waals surface area contributed by atoms with Crippen molar-refractivity contribution in [3.8, 4) is 0 Å². The predicted molar refractivity (Wildman–Crippen MR) is 73.5 cm³/mol. The second kappa shape index (κ2) is 4.15. The molecule has 0 heteroatoms. The van der Waals surface area contributed by atoms with E-state index >= 15 is 0 Å². The Morgan fingerprint density at radius 3 is 2.71 bits per heavy atom. The summed E-state index contributed by atoms with van der Waals surface area (Å²) in [5.74, 6) is 2.83. The van der Waals surface area contributed by atoms with Gasteiger partial charge in [0.05, 0.1) is 0 Å². The van der Waals surface area contributed by atoms with E-state index in [4.69, 9.17) is 0 Å². The molecule has 0 heterocycles. The molecule has 2 aliphatic carbocycles. The second-order valence-corrected chi connectivity index (χ2v) is 6.40. The van der Waals surface area contributed by atoms with Crippen LogP contribution in [-0.4, -0.2) is 0 Å². The van der Waals surface area contributed by atoms with E-state index in [1.54, 1.807) is 16.7 Å². The lowest BCUT2D eigenvalue weighted by molar-refractivity contribution is 0.221. The molecule has 3 atom stereocenters. The fourth-order valence-electron chi connectivity index (χ4n) is 4.13. The summed E-state index contributed by atoms with van der Waals surface area (Å²) in [6.45, 7) is 7.01. The first-order valence-corrected chi connectivity index (χ1v) is 7.25. The molecule has 92 valence electrons. The topological polar surface area (TPSA) is 0 Å². The maximum Gasteiger partial charge on any atom is -0.0130 e. The number of hydrogen-bond acceptors (Lipinski definition) is 0. The Kier molecular flexibility index (Phi) is 2.77. The molecular weight excluding hydrogens is 204 g/mol. The molecule has 0 bridgehead atoms. The van der Waals surface area contributed by atoms with Gasteiger partial charge in [-0.15, -0.1) is 0 Å². The Balaban J connectivity index is 2.00.